The average Bonchev–Trinajstić information content (AvgIpc) is 2.16. The van der Waals surface area contributed by atoms with Gasteiger partial charge in [0.1, 0.15) is 0 Å². The Morgan fingerprint density at radius 2 is 1.69 bits per heavy atom. The van der Waals surface area contributed by atoms with E-state index in [-0.39, 0.29) is 0 Å². The highest BCUT2D eigenvalue weighted by atomic mass is 79.9. The molecule has 0 heterocycles. The molecule has 0 N–H and O–H groups in total. The molecular weight excluding hydrogens is 262 g/mol. The second-order valence-electron chi connectivity index (χ2n) is 6.93. The van der Waals surface area contributed by atoms with Crippen molar-refractivity contribution in [2.75, 3.05) is 25.5 Å². The fourth-order valence-electron chi connectivity index (χ4n) is 3.07. The van der Waals surface area contributed by atoms with Crippen LogP contribution in [0.2, 0.25) is 0 Å². The zero-order valence-electron chi connectivity index (χ0n) is 11.5. The molecule has 1 fully saturated rings. The van der Waals surface area contributed by atoms with Crippen molar-refractivity contribution in [1.82, 2.24) is 4.90 Å². The van der Waals surface area contributed by atoms with E-state index in [0.717, 1.165) is 0 Å². The van der Waals surface area contributed by atoms with E-state index in [9.17, 15) is 0 Å². The highest BCUT2D eigenvalue weighted by Crippen LogP contribution is 2.38. The molecule has 0 spiro atoms. The molecule has 0 atom stereocenters. The van der Waals surface area contributed by atoms with Gasteiger partial charge >= 0.3 is 0 Å². The number of hydrogen-bond acceptors (Lipinski definition) is 1. The van der Waals surface area contributed by atoms with Gasteiger partial charge in [-0.1, -0.05) is 56.0 Å². The molecule has 1 aliphatic carbocycles. The van der Waals surface area contributed by atoms with Crippen LogP contribution in [0.3, 0.4) is 0 Å². The molecule has 1 saturated carbocycles. The van der Waals surface area contributed by atoms with Crippen LogP contribution in [0.15, 0.2) is 0 Å². The summed E-state index contributed by atoms with van der Waals surface area (Å²) in [6, 6.07) is 0. The molecular formula is C14H28BrN. The van der Waals surface area contributed by atoms with Gasteiger partial charge in [-0.25, -0.2) is 0 Å². The van der Waals surface area contributed by atoms with Gasteiger partial charge in [0.2, 0.25) is 0 Å². The van der Waals surface area contributed by atoms with Crippen molar-refractivity contribution in [2.45, 2.75) is 52.9 Å². The smallest absolute Gasteiger partial charge is 0.0100 e. The Kier molecular flexibility index (Phi) is 5.31. The molecule has 2 heteroatoms. The molecule has 0 saturated heterocycles. The molecule has 1 rings (SSSR count). The van der Waals surface area contributed by atoms with Gasteiger partial charge in [0.15, 0.2) is 0 Å². The largest absolute Gasteiger partial charge is 0.305 e. The molecule has 0 aromatic carbocycles. The quantitative estimate of drug-likeness (QED) is 0.697. The first kappa shape index (κ1) is 14.5. The fraction of sp³-hybridized carbons (Fsp3) is 1.00. The lowest BCUT2D eigenvalue weighted by molar-refractivity contribution is 0.119. The van der Waals surface area contributed by atoms with E-state index in [0.29, 0.717) is 10.8 Å². The Morgan fingerprint density at radius 3 is 2.12 bits per heavy atom. The van der Waals surface area contributed by atoms with E-state index in [1.54, 1.807) is 0 Å². The fourth-order valence-corrected chi connectivity index (χ4v) is 3.81. The van der Waals surface area contributed by atoms with Gasteiger partial charge in [0.05, 0.1) is 0 Å². The van der Waals surface area contributed by atoms with Gasteiger partial charge in [-0.3, -0.25) is 0 Å². The van der Waals surface area contributed by atoms with Crippen LogP contribution in [-0.2, 0) is 0 Å². The van der Waals surface area contributed by atoms with Crippen molar-refractivity contribution in [2.24, 2.45) is 10.8 Å². The minimum atomic E-state index is 0.414. The molecule has 0 aliphatic heterocycles. The Hall–Kier alpha value is 0.440. The standard InChI is InChI=1S/C14H28BrN/c1-13(2,3)11-16(4)12-14(10-15)8-6-5-7-9-14/h5-12H2,1-4H3. The lowest BCUT2D eigenvalue weighted by Gasteiger charge is -2.40. The zero-order valence-corrected chi connectivity index (χ0v) is 13.1. The van der Waals surface area contributed by atoms with Crippen molar-refractivity contribution in [1.29, 1.82) is 0 Å². The topological polar surface area (TPSA) is 3.24 Å². The van der Waals surface area contributed by atoms with Crippen molar-refractivity contribution in [3.8, 4) is 0 Å². The van der Waals surface area contributed by atoms with Crippen molar-refractivity contribution in [3.63, 3.8) is 0 Å². The Balaban J connectivity index is 2.48. The van der Waals surface area contributed by atoms with Gasteiger partial charge in [0, 0.05) is 18.4 Å². The Bertz CT molecular complexity index is 201. The van der Waals surface area contributed by atoms with Crippen molar-refractivity contribution >= 4 is 15.9 Å². The SMILES string of the molecule is CN(CC(C)(C)C)CC1(CBr)CCCCC1. The first-order valence-corrected chi connectivity index (χ1v) is 7.74. The van der Waals surface area contributed by atoms with Crippen LogP contribution in [0.5, 0.6) is 0 Å². The summed E-state index contributed by atoms with van der Waals surface area (Å²) in [4.78, 5) is 2.53. The van der Waals surface area contributed by atoms with E-state index in [1.807, 2.05) is 0 Å². The third-order valence-corrected chi connectivity index (χ3v) is 4.74. The molecule has 1 aliphatic rings. The number of nitrogens with zero attached hydrogens (tertiary/aromatic N) is 1. The third-order valence-electron chi connectivity index (χ3n) is 3.55. The monoisotopic (exact) mass is 289 g/mol. The molecule has 0 aromatic rings. The number of alkyl halides is 1. The average molecular weight is 290 g/mol. The van der Waals surface area contributed by atoms with E-state index < -0.39 is 0 Å². The molecule has 0 radical (unpaired) electrons. The summed E-state index contributed by atoms with van der Waals surface area (Å²) in [5, 5.41) is 1.18. The van der Waals surface area contributed by atoms with Gasteiger partial charge in [-0.15, -0.1) is 0 Å². The van der Waals surface area contributed by atoms with Crippen molar-refractivity contribution in [3.05, 3.63) is 0 Å². The van der Waals surface area contributed by atoms with Crippen LogP contribution in [0.4, 0.5) is 0 Å². The van der Waals surface area contributed by atoms with Crippen LogP contribution >= 0.6 is 15.9 Å². The van der Waals surface area contributed by atoms with Crippen molar-refractivity contribution < 1.29 is 0 Å². The first-order chi connectivity index (χ1) is 7.37. The minimum Gasteiger partial charge on any atom is -0.305 e. The molecule has 0 unspecified atom stereocenters. The molecule has 0 aromatic heterocycles. The maximum Gasteiger partial charge on any atom is 0.0100 e. The molecule has 16 heavy (non-hydrogen) atoms. The van der Waals surface area contributed by atoms with Crippen LogP contribution in [-0.4, -0.2) is 30.4 Å². The minimum absolute atomic E-state index is 0.414. The van der Waals surface area contributed by atoms with Gasteiger partial charge in [0.25, 0.3) is 0 Å². The third kappa shape index (κ3) is 4.75. The molecule has 0 amide bonds. The maximum atomic E-state index is 3.75. The predicted octanol–water partition coefficient (Wildman–Crippen LogP) is 4.31. The number of hydrogen-bond donors (Lipinski definition) is 0. The van der Waals surface area contributed by atoms with Crippen LogP contribution in [0.1, 0.15) is 52.9 Å². The highest BCUT2D eigenvalue weighted by molar-refractivity contribution is 9.09. The second-order valence-corrected chi connectivity index (χ2v) is 7.49. The molecule has 0 bridgehead atoms. The molecule has 96 valence electrons. The van der Waals surface area contributed by atoms with Crippen LogP contribution in [0, 0.1) is 10.8 Å². The summed E-state index contributed by atoms with van der Waals surface area (Å²) < 4.78 is 0. The normalized spacial score (nSPS) is 21.4. The maximum absolute atomic E-state index is 3.75. The van der Waals surface area contributed by atoms with Gasteiger partial charge < -0.3 is 4.90 Å². The summed E-state index contributed by atoms with van der Waals surface area (Å²) in [5.74, 6) is 0. The Morgan fingerprint density at radius 1 is 1.12 bits per heavy atom. The summed E-state index contributed by atoms with van der Waals surface area (Å²) in [5.41, 5.74) is 0.967. The van der Waals surface area contributed by atoms with E-state index in [1.165, 1.54) is 50.5 Å². The molecule has 1 nitrogen and oxygen atoms in total. The van der Waals surface area contributed by atoms with E-state index in [4.69, 9.17) is 0 Å². The highest BCUT2D eigenvalue weighted by Gasteiger charge is 2.32. The number of halogens is 1. The second kappa shape index (κ2) is 5.86. The summed E-state index contributed by atoms with van der Waals surface area (Å²) in [6.45, 7) is 9.43. The first-order valence-electron chi connectivity index (χ1n) is 6.61. The van der Waals surface area contributed by atoms with E-state index >= 15 is 0 Å². The zero-order chi connectivity index (χ0) is 12.2. The summed E-state index contributed by atoms with van der Waals surface area (Å²) in [7, 11) is 2.28. The van der Waals surface area contributed by atoms with Gasteiger partial charge in [-0.05, 0) is 30.7 Å². The lowest BCUT2D eigenvalue weighted by atomic mass is 9.75. The summed E-state index contributed by atoms with van der Waals surface area (Å²) >= 11 is 3.75. The van der Waals surface area contributed by atoms with E-state index in [2.05, 4.69) is 48.6 Å². The van der Waals surface area contributed by atoms with Crippen LogP contribution < -0.4 is 0 Å². The lowest BCUT2D eigenvalue weighted by Crippen LogP contribution is -2.41. The number of rotatable bonds is 4. The summed E-state index contributed by atoms with van der Waals surface area (Å²) in [6.07, 6.45) is 7.11. The predicted molar refractivity (Wildman–Crippen MR) is 76.3 cm³/mol. The van der Waals surface area contributed by atoms with Crippen LogP contribution in [0.25, 0.3) is 0 Å². The Labute approximate surface area is 110 Å². The van der Waals surface area contributed by atoms with Gasteiger partial charge in [-0.2, -0.15) is 0 Å².